The van der Waals surface area contributed by atoms with Gasteiger partial charge < -0.3 is 5.32 Å². The number of nitrogens with zero attached hydrogens (tertiary/aromatic N) is 1. The normalized spacial score (nSPS) is 14.6. The molecule has 0 saturated heterocycles. The molecule has 1 N–H and O–H groups in total. The molecule has 0 bridgehead atoms. The van der Waals surface area contributed by atoms with Gasteiger partial charge in [0.25, 0.3) is 0 Å². The highest BCUT2D eigenvalue weighted by Crippen LogP contribution is 2.32. The Morgan fingerprint density at radius 1 is 1.21 bits per heavy atom. The highest BCUT2D eigenvalue weighted by molar-refractivity contribution is 7.99. The maximum Gasteiger partial charge on any atom is 0.0410 e. The van der Waals surface area contributed by atoms with Crippen molar-refractivity contribution in [3.05, 3.63) is 53.3 Å². The molecule has 1 saturated carbocycles. The maximum atomic E-state index is 6.10. The predicted molar refractivity (Wildman–Crippen MR) is 79.7 cm³/mol. The third kappa shape index (κ3) is 3.72. The number of nitrogens with one attached hydrogen (secondary N) is 1. The topological polar surface area (TPSA) is 24.9 Å². The van der Waals surface area contributed by atoms with Crippen LogP contribution in [-0.4, -0.2) is 11.0 Å². The Morgan fingerprint density at radius 2 is 2.00 bits per heavy atom. The van der Waals surface area contributed by atoms with E-state index in [1.165, 1.54) is 28.2 Å². The second-order valence-corrected chi connectivity index (χ2v) is 6.24. The molecular formula is C15H15ClN2S. The number of hydrogen-bond donors (Lipinski definition) is 1. The molecule has 1 aliphatic carbocycles. The number of hydrogen-bond acceptors (Lipinski definition) is 3. The molecule has 2 aromatic rings. The summed E-state index contributed by atoms with van der Waals surface area (Å²) in [5.41, 5.74) is 1.27. The van der Waals surface area contributed by atoms with Gasteiger partial charge in [-0.3, -0.25) is 4.98 Å². The molecule has 1 heterocycles. The minimum atomic E-state index is 0.706. The highest BCUT2D eigenvalue weighted by Gasteiger charge is 2.20. The van der Waals surface area contributed by atoms with Gasteiger partial charge in [0.05, 0.1) is 0 Å². The van der Waals surface area contributed by atoms with Crippen molar-refractivity contribution in [3.63, 3.8) is 0 Å². The third-order valence-electron chi connectivity index (χ3n) is 3.06. The standard InChI is InChI=1S/C15H15ClN2S/c16-12-1-4-15(19-14-5-7-17-8-6-14)11(9-12)10-18-13-2-3-13/h1,4-9,13,18H,2-3,10H2. The predicted octanol–water partition coefficient (Wildman–Crippen LogP) is 4.14. The first-order valence-electron chi connectivity index (χ1n) is 6.41. The minimum Gasteiger partial charge on any atom is -0.310 e. The van der Waals surface area contributed by atoms with E-state index in [0.717, 1.165) is 11.6 Å². The zero-order chi connectivity index (χ0) is 13.1. The maximum absolute atomic E-state index is 6.10. The van der Waals surface area contributed by atoms with Crippen molar-refractivity contribution in [3.8, 4) is 0 Å². The van der Waals surface area contributed by atoms with Crippen molar-refractivity contribution >= 4 is 23.4 Å². The summed E-state index contributed by atoms with van der Waals surface area (Å²) in [6, 6.07) is 10.9. The lowest BCUT2D eigenvalue weighted by Gasteiger charge is -2.10. The van der Waals surface area contributed by atoms with Crippen LogP contribution in [0.2, 0.25) is 5.02 Å². The van der Waals surface area contributed by atoms with Crippen LogP contribution >= 0.6 is 23.4 Å². The van der Waals surface area contributed by atoms with Crippen molar-refractivity contribution in [1.82, 2.24) is 10.3 Å². The summed E-state index contributed by atoms with van der Waals surface area (Å²) in [5.74, 6) is 0. The summed E-state index contributed by atoms with van der Waals surface area (Å²) in [6.45, 7) is 0.888. The molecule has 4 heteroatoms. The molecule has 0 spiro atoms. The summed E-state index contributed by atoms with van der Waals surface area (Å²) < 4.78 is 0. The lowest BCUT2D eigenvalue weighted by molar-refractivity contribution is 0.680. The van der Waals surface area contributed by atoms with E-state index in [0.29, 0.717) is 6.04 Å². The van der Waals surface area contributed by atoms with Crippen molar-refractivity contribution in [2.75, 3.05) is 0 Å². The number of benzene rings is 1. The molecule has 3 rings (SSSR count). The van der Waals surface area contributed by atoms with Gasteiger partial charge in [-0.25, -0.2) is 0 Å². The highest BCUT2D eigenvalue weighted by atomic mass is 35.5. The molecule has 19 heavy (non-hydrogen) atoms. The van der Waals surface area contributed by atoms with E-state index >= 15 is 0 Å². The zero-order valence-electron chi connectivity index (χ0n) is 10.5. The summed E-state index contributed by atoms with van der Waals surface area (Å²) in [5, 5.41) is 4.34. The molecule has 0 radical (unpaired) electrons. The largest absolute Gasteiger partial charge is 0.310 e. The van der Waals surface area contributed by atoms with Crippen LogP contribution in [0.4, 0.5) is 0 Å². The van der Waals surface area contributed by atoms with Crippen LogP contribution in [-0.2, 0) is 6.54 Å². The Balaban J connectivity index is 1.78. The SMILES string of the molecule is Clc1ccc(Sc2ccncc2)c(CNC2CC2)c1. The number of aromatic nitrogens is 1. The first-order valence-corrected chi connectivity index (χ1v) is 7.60. The van der Waals surface area contributed by atoms with E-state index in [2.05, 4.69) is 22.4 Å². The average molecular weight is 291 g/mol. The van der Waals surface area contributed by atoms with E-state index in [-0.39, 0.29) is 0 Å². The summed E-state index contributed by atoms with van der Waals surface area (Å²) >= 11 is 7.86. The monoisotopic (exact) mass is 290 g/mol. The smallest absolute Gasteiger partial charge is 0.0410 e. The van der Waals surface area contributed by atoms with Crippen molar-refractivity contribution in [2.24, 2.45) is 0 Å². The molecule has 0 amide bonds. The van der Waals surface area contributed by atoms with Gasteiger partial charge >= 0.3 is 0 Å². The van der Waals surface area contributed by atoms with E-state index < -0.39 is 0 Å². The van der Waals surface area contributed by atoms with E-state index in [4.69, 9.17) is 11.6 Å². The summed E-state index contributed by atoms with van der Waals surface area (Å²) in [6.07, 6.45) is 6.24. The second kappa shape index (κ2) is 5.95. The fourth-order valence-corrected chi connectivity index (χ4v) is 2.97. The van der Waals surface area contributed by atoms with Crippen LogP contribution < -0.4 is 5.32 Å². The Bertz CT molecular complexity index is 555. The van der Waals surface area contributed by atoms with Crippen LogP contribution in [0.1, 0.15) is 18.4 Å². The van der Waals surface area contributed by atoms with Gasteiger partial charge in [-0.2, -0.15) is 0 Å². The fourth-order valence-electron chi connectivity index (χ4n) is 1.86. The molecule has 2 nitrogen and oxygen atoms in total. The van der Waals surface area contributed by atoms with Crippen molar-refractivity contribution < 1.29 is 0 Å². The van der Waals surface area contributed by atoms with E-state index in [1.807, 2.05) is 30.6 Å². The number of rotatable bonds is 5. The molecule has 1 aromatic carbocycles. The first kappa shape index (κ1) is 13.0. The van der Waals surface area contributed by atoms with Crippen LogP contribution in [0.5, 0.6) is 0 Å². The lowest BCUT2D eigenvalue weighted by atomic mass is 10.2. The number of halogens is 1. The Hall–Kier alpha value is -1.03. The molecule has 1 aromatic heterocycles. The van der Waals surface area contributed by atoms with Crippen LogP contribution in [0.25, 0.3) is 0 Å². The molecule has 0 atom stereocenters. The van der Waals surface area contributed by atoms with Gasteiger partial charge in [-0.15, -0.1) is 0 Å². The second-order valence-electron chi connectivity index (χ2n) is 4.69. The third-order valence-corrected chi connectivity index (χ3v) is 4.42. The van der Waals surface area contributed by atoms with Gasteiger partial charge in [0.2, 0.25) is 0 Å². The van der Waals surface area contributed by atoms with Crippen LogP contribution in [0, 0.1) is 0 Å². The van der Waals surface area contributed by atoms with Gasteiger partial charge in [0, 0.05) is 39.8 Å². The van der Waals surface area contributed by atoms with Crippen molar-refractivity contribution in [1.29, 1.82) is 0 Å². The Kier molecular flexibility index (Phi) is 4.06. The molecule has 0 unspecified atom stereocenters. The quantitative estimate of drug-likeness (QED) is 0.896. The van der Waals surface area contributed by atoms with Crippen LogP contribution in [0.15, 0.2) is 52.5 Å². The van der Waals surface area contributed by atoms with E-state index in [1.54, 1.807) is 11.8 Å². The van der Waals surface area contributed by atoms with Gasteiger partial charge in [0.1, 0.15) is 0 Å². The van der Waals surface area contributed by atoms with Crippen molar-refractivity contribution in [2.45, 2.75) is 35.2 Å². The molecule has 98 valence electrons. The number of pyridine rings is 1. The average Bonchev–Trinajstić information content (AvgIpc) is 3.24. The van der Waals surface area contributed by atoms with Crippen LogP contribution in [0.3, 0.4) is 0 Å². The molecule has 1 aliphatic rings. The summed E-state index contributed by atoms with van der Waals surface area (Å²) in [7, 11) is 0. The van der Waals surface area contributed by atoms with Gasteiger partial charge in [-0.05, 0) is 48.7 Å². The minimum absolute atomic E-state index is 0.706. The van der Waals surface area contributed by atoms with Gasteiger partial charge in [0.15, 0.2) is 0 Å². The zero-order valence-corrected chi connectivity index (χ0v) is 12.0. The van der Waals surface area contributed by atoms with Gasteiger partial charge in [-0.1, -0.05) is 23.4 Å². The Morgan fingerprint density at radius 3 is 2.74 bits per heavy atom. The first-order chi connectivity index (χ1) is 9.31. The Labute approximate surface area is 122 Å². The summed E-state index contributed by atoms with van der Waals surface area (Å²) in [4.78, 5) is 6.50. The van der Waals surface area contributed by atoms with E-state index in [9.17, 15) is 0 Å². The lowest BCUT2D eigenvalue weighted by Crippen LogP contribution is -2.15. The fraction of sp³-hybridized carbons (Fsp3) is 0.267. The molecule has 1 fully saturated rings. The molecule has 0 aliphatic heterocycles. The molecular weight excluding hydrogens is 276 g/mol.